The van der Waals surface area contributed by atoms with Crippen LogP contribution < -0.4 is 10.2 Å². The maximum absolute atomic E-state index is 13.3. The van der Waals surface area contributed by atoms with Crippen LogP contribution in [0.1, 0.15) is 54.4 Å². The lowest BCUT2D eigenvalue weighted by atomic mass is 9.78. The lowest BCUT2D eigenvalue weighted by Crippen LogP contribution is -2.47. The van der Waals surface area contributed by atoms with Gasteiger partial charge in [0, 0.05) is 30.5 Å². The molecule has 2 heterocycles. The first-order chi connectivity index (χ1) is 13.9. The van der Waals surface area contributed by atoms with Gasteiger partial charge in [-0.25, -0.2) is 0 Å². The number of carbonyl (C=O) groups excluding carboxylic acids is 1. The van der Waals surface area contributed by atoms with E-state index in [1.165, 1.54) is 37.7 Å². The smallest absolute Gasteiger partial charge is 0.367 e. The molecule has 1 N–H and O–H groups in total. The Bertz CT molecular complexity index is 867. The van der Waals surface area contributed by atoms with E-state index in [9.17, 15) is 18.0 Å². The summed E-state index contributed by atoms with van der Waals surface area (Å²) in [4.78, 5) is 18.8. The average Bonchev–Trinajstić information content (AvgIpc) is 2.73. The predicted octanol–water partition coefficient (Wildman–Crippen LogP) is 5.51. The molecule has 29 heavy (non-hydrogen) atoms. The number of carbonyl (C=O) groups is 1. The first-order valence-electron chi connectivity index (χ1n) is 10.1. The second-order valence-electron chi connectivity index (χ2n) is 7.87. The zero-order valence-corrected chi connectivity index (χ0v) is 16.1. The molecule has 4 nitrogen and oxygen atoms in total. The van der Waals surface area contributed by atoms with Crippen molar-refractivity contribution in [2.24, 2.45) is 5.92 Å². The minimum atomic E-state index is -4.47. The van der Waals surface area contributed by atoms with Gasteiger partial charge >= 0.3 is 6.18 Å². The van der Waals surface area contributed by atoms with Gasteiger partial charge < -0.3 is 10.2 Å². The summed E-state index contributed by atoms with van der Waals surface area (Å²) in [6.45, 7) is 0.796. The van der Waals surface area contributed by atoms with Gasteiger partial charge in [-0.2, -0.15) is 13.2 Å². The SMILES string of the molecule is O=C(Nc1cc(C(F)(F)F)ccc1N1CCC[C@@H]2CCCC[C@H]21)c1ccncc1. The van der Waals surface area contributed by atoms with Crippen LogP contribution in [0.5, 0.6) is 0 Å². The maximum Gasteiger partial charge on any atom is 0.416 e. The molecule has 1 aliphatic carbocycles. The van der Waals surface area contributed by atoms with Crippen molar-refractivity contribution in [3.8, 4) is 0 Å². The topological polar surface area (TPSA) is 45.2 Å². The number of fused-ring (bicyclic) bond motifs is 1. The van der Waals surface area contributed by atoms with Gasteiger partial charge in [0.25, 0.3) is 5.91 Å². The van der Waals surface area contributed by atoms with E-state index in [4.69, 9.17) is 0 Å². The molecular weight excluding hydrogens is 379 g/mol. The largest absolute Gasteiger partial charge is 0.416 e. The van der Waals surface area contributed by atoms with Crippen LogP contribution in [0.3, 0.4) is 0 Å². The third kappa shape index (κ3) is 4.23. The number of halogens is 3. The van der Waals surface area contributed by atoms with Crippen LogP contribution in [-0.4, -0.2) is 23.5 Å². The van der Waals surface area contributed by atoms with E-state index in [1.807, 2.05) is 0 Å². The number of rotatable bonds is 3. The van der Waals surface area contributed by atoms with Gasteiger partial charge in [-0.1, -0.05) is 12.8 Å². The van der Waals surface area contributed by atoms with Crippen LogP contribution in [-0.2, 0) is 6.18 Å². The van der Waals surface area contributed by atoms with E-state index >= 15 is 0 Å². The zero-order valence-electron chi connectivity index (χ0n) is 16.1. The molecule has 2 fully saturated rings. The van der Waals surface area contributed by atoms with Crippen molar-refractivity contribution in [3.63, 3.8) is 0 Å². The summed E-state index contributed by atoms with van der Waals surface area (Å²) in [5.41, 5.74) is 0.492. The van der Waals surface area contributed by atoms with E-state index in [0.717, 1.165) is 37.9 Å². The highest BCUT2D eigenvalue weighted by Crippen LogP contribution is 2.42. The van der Waals surface area contributed by atoms with Gasteiger partial charge in [0.05, 0.1) is 16.9 Å². The maximum atomic E-state index is 13.3. The van der Waals surface area contributed by atoms with Crippen LogP contribution in [0.4, 0.5) is 24.5 Å². The van der Waals surface area contributed by atoms with Gasteiger partial charge in [-0.15, -0.1) is 0 Å². The molecule has 1 saturated carbocycles. The summed E-state index contributed by atoms with van der Waals surface area (Å²) in [5, 5.41) is 2.72. The molecule has 0 radical (unpaired) electrons. The Hall–Kier alpha value is -2.57. The van der Waals surface area contributed by atoms with Crippen LogP contribution >= 0.6 is 0 Å². The normalized spacial score (nSPS) is 22.1. The molecule has 1 aromatic carbocycles. The summed E-state index contributed by atoms with van der Waals surface area (Å²) >= 11 is 0. The number of nitrogens with one attached hydrogen (secondary N) is 1. The number of benzene rings is 1. The van der Waals surface area contributed by atoms with Crippen molar-refractivity contribution in [3.05, 3.63) is 53.9 Å². The molecule has 0 spiro atoms. The number of alkyl halides is 3. The van der Waals surface area contributed by atoms with Gasteiger partial charge in [-0.3, -0.25) is 9.78 Å². The molecule has 0 unspecified atom stereocenters. The Labute approximate surface area is 168 Å². The van der Waals surface area contributed by atoms with Crippen molar-refractivity contribution < 1.29 is 18.0 Å². The van der Waals surface area contributed by atoms with Crippen molar-refractivity contribution in [1.29, 1.82) is 0 Å². The Morgan fingerprint density at radius 3 is 2.52 bits per heavy atom. The number of pyridine rings is 1. The third-order valence-corrected chi connectivity index (χ3v) is 6.07. The van der Waals surface area contributed by atoms with Crippen LogP contribution in [0.2, 0.25) is 0 Å². The lowest BCUT2D eigenvalue weighted by molar-refractivity contribution is -0.137. The van der Waals surface area contributed by atoms with Crippen molar-refractivity contribution >= 4 is 17.3 Å². The van der Waals surface area contributed by atoms with Crippen molar-refractivity contribution in [2.45, 2.75) is 50.7 Å². The average molecular weight is 403 g/mol. The summed E-state index contributed by atoms with van der Waals surface area (Å²) in [7, 11) is 0. The molecule has 2 aromatic rings. The quantitative estimate of drug-likeness (QED) is 0.735. The fourth-order valence-corrected chi connectivity index (χ4v) is 4.68. The van der Waals surface area contributed by atoms with Crippen molar-refractivity contribution in [1.82, 2.24) is 4.98 Å². The summed E-state index contributed by atoms with van der Waals surface area (Å²) in [5.74, 6) is 0.133. The van der Waals surface area contributed by atoms with E-state index < -0.39 is 17.6 Å². The molecule has 2 aliphatic rings. The summed E-state index contributed by atoms with van der Waals surface area (Å²) < 4.78 is 40.0. The highest BCUT2D eigenvalue weighted by Gasteiger charge is 2.36. The fourth-order valence-electron chi connectivity index (χ4n) is 4.68. The number of aromatic nitrogens is 1. The first kappa shape index (κ1) is 19.7. The zero-order chi connectivity index (χ0) is 20.4. The molecule has 2 atom stereocenters. The van der Waals surface area contributed by atoms with E-state index in [0.29, 0.717) is 23.2 Å². The highest BCUT2D eigenvalue weighted by molar-refractivity contribution is 6.06. The van der Waals surface area contributed by atoms with Gasteiger partial charge in [0.1, 0.15) is 0 Å². The Balaban J connectivity index is 1.70. The number of anilines is 2. The highest BCUT2D eigenvalue weighted by atomic mass is 19.4. The van der Waals surface area contributed by atoms with E-state index in [1.54, 1.807) is 12.1 Å². The molecule has 4 rings (SSSR count). The Morgan fingerprint density at radius 2 is 1.76 bits per heavy atom. The number of amides is 1. The van der Waals surface area contributed by atoms with Crippen LogP contribution in [0.25, 0.3) is 0 Å². The fraction of sp³-hybridized carbons (Fsp3) is 0.455. The third-order valence-electron chi connectivity index (χ3n) is 6.07. The summed E-state index contributed by atoms with van der Waals surface area (Å²) in [6, 6.07) is 7.10. The van der Waals surface area contributed by atoms with Gasteiger partial charge in [0.15, 0.2) is 0 Å². The minimum Gasteiger partial charge on any atom is -0.367 e. The Morgan fingerprint density at radius 1 is 1.03 bits per heavy atom. The minimum absolute atomic E-state index is 0.216. The number of nitrogens with zero attached hydrogens (tertiary/aromatic N) is 2. The number of piperidine rings is 1. The number of hydrogen-bond acceptors (Lipinski definition) is 3. The molecule has 154 valence electrons. The monoisotopic (exact) mass is 403 g/mol. The van der Waals surface area contributed by atoms with Gasteiger partial charge in [0.2, 0.25) is 0 Å². The second kappa shape index (κ2) is 8.05. The van der Waals surface area contributed by atoms with E-state index in [-0.39, 0.29) is 5.69 Å². The molecule has 1 aliphatic heterocycles. The Kier molecular flexibility index (Phi) is 5.48. The lowest BCUT2D eigenvalue weighted by Gasteiger charge is -2.46. The first-order valence-corrected chi connectivity index (χ1v) is 10.1. The molecule has 1 amide bonds. The summed E-state index contributed by atoms with van der Waals surface area (Å²) in [6.07, 6.45) is 5.25. The molecule has 1 saturated heterocycles. The second-order valence-corrected chi connectivity index (χ2v) is 7.87. The van der Waals surface area contributed by atoms with Crippen LogP contribution in [0.15, 0.2) is 42.7 Å². The molecule has 1 aromatic heterocycles. The molecule has 0 bridgehead atoms. The number of hydrogen-bond donors (Lipinski definition) is 1. The van der Waals surface area contributed by atoms with Gasteiger partial charge in [-0.05, 0) is 61.9 Å². The molecular formula is C22H24F3N3O. The van der Waals surface area contributed by atoms with Crippen molar-refractivity contribution in [2.75, 3.05) is 16.8 Å². The van der Waals surface area contributed by atoms with E-state index in [2.05, 4.69) is 15.2 Å². The van der Waals surface area contributed by atoms with Crippen LogP contribution in [0, 0.1) is 5.92 Å². The standard InChI is InChI=1S/C22H24F3N3O/c23-22(24,25)17-7-8-20(28-13-3-5-15-4-1-2-6-19(15)28)18(14-17)27-21(29)16-9-11-26-12-10-16/h7-12,14-15,19H,1-6,13H2,(H,27,29)/t15-,19+/m0/s1. The molecule has 7 heteroatoms. The predicted molar refractivity (Wildman–Crippen MR) is 106 cm³/mol.